The molecule has 0 radical (unpaired) electrons. The topological polar surface area (TPSA) is 387 Å². The van der Waals surface area contributed by atoms with Gasteiger partial charge >= 0.3 is 59.1 Å². The van der Waals surface area contributed by atoms with E-state index in [0.717, 1.165) is 13.8 Å². The van der Waals surface area contributed by atoms with Crippen LogP contribution in [0.15, 0.2) is 0 Å². The van der Waals surface area contributed by atoms with Crippen LogP contribution in [0.3, 0.4) is 0 Å². The quantitative estimate of drug-likeness (QED) is 0.0966. The first-order valence-corrected chi connectivity index (χ1v) is 12.2. The van der Waals surface area contributed by atoms with Crippen LogP contribution in [0.25, 0.3) is 0 Å². The number of carboxylic acids is 2. The molecule has 2 rings (SSSR count). The van der Waals surface area contributed by atoms with Crippen molar-refractivity contribution in [2.24, 2.45) is 23.3 Å². The summed E-state index contributed by atoms with van der Waals surface area (Å²) in [5.74, 6) is -16.5. The third-order valence-electron chi connectivity index (χ3n) is 7.00. The van der Waals surface area contributed by atoms with E-state index in [-0.39, 0.29) is 59.1 Å². The molecule has 2 saturated heterocycles. The maximum atomic E-state index is 11.4. The molecule has 4 unspecified atom stereocenters. The van der Waals surface area contributed by atoms with Gasteiger partial charge in [-0.3, -0.25) is 9.59 Å². The maximum absolute atomic E-state index is 11.4. The molecule has 14 N–H and O–H groups in total. The van der Waals surface area contributed by atoms with Gasteiger partial charge in [-0.15, -0.1) is 0 Å². The molecule has 2 fully saturated rings. The molecule has 2 aliphatic rings. The number of Topliss-reactive ketones (excluding diaryl/α,β-unsaturated/α-hetero) is 2. The van der Waals surface area contributed by atoms with Gasteiger partial charge in [0.2, 0.25) is 11.6 Å². The van der Waals surface area contributed by atoms with Gasteiger partial charge in [0.25, 0.3) is 0 Å². The Morgan fingerprint density at radius 1 is 0.705 bits per heavy atom. The Kier molecular flexibility index (Phi) is 19.1. The average molecular weight is 663 g/mol. The van der Waals surface area contributed by atoms with Gasteiger partial charge in [-0.25, -0.2) is 0 Å². The number of rotatable bonds is 10. The fourth-order valence-corrected chi connectivity index (χ4v) is 4.65. The molecule has 0 amide bonds. The third-order valence-corrected chi connectivity index (χ3v) is 7.00. The minimum atomic E-state index is -3.22. The maximum Gasteiger partial charge on any atom is 1.00 e. The number of aliphatic hydroxyl groups excluding tert-OH is 8. The van der Waals surface area contributed by atoms with Gasteiger partial charge in [-0.1, -0.05) is 0 Å². The van der Waals surface area contributed by atoms with Gasteiger partial charge in [0.1, 0.15) is 72.0 Å². The van der Waals surface area contributed by atoms with Crippen LogP contribution in [-0.2, 0) is 28.7 Å². The second-order valence-electron chi connectivity index (χ2n) is 9.93. The first-order chi connectivity index (χ1) is 19.1. The SMILES string of the molecule is CC(=O)C1[C@H](O)[C@@H](N)[C@H]([C@H](O)[C@H](O)CO)OC1(O)C(=O)[O-].CC(=O)C1[C@H](O)[C@@H](N)[C@H]([C@H](O)[C@H](O)CO)OC1(O)C(=O)[O-].[Na+].[Na+]. The molecule has 20 nitrogen and oxygen atoms in total. The minimum Gasteiger partial charge on any atom is -0.544 e. The molecule has 0 aromatic rings. The summed E-state index contributed by atoms with van der Waals surface area (Å²) in [6, 6.07) is -2.98. The van der Waals surface area contributed by atoms with E-state index in [4.69, 9.17) is 31.2 Å². The molecule has 0 saturated carbocycles. The summed E-state index contributed by atoms with van der Waals surface area (Å²) in [6.45, 7) is 0.0296. The van der Waals surface area contributed by atoms with E-state index in [1.165, 1.54) is 0 Å². The number of carbonyl (C=O) groups excluding carboxylic acids is 4. The van der Waals surface area contributed by atoms with Crippen LogP contribution in [0.2, 0.25) is 0 Å². The van der Waals surface area contributed by atoms with Crippen molar-refractivity contribution in [2.45, 2.75) is 86.3 Å². The molecule has 244 valence electrons. The summed E-state index contributed by atoms with van der Waals surface area (Å²) in [6.07, 6.45) is -14.6. The average Bonchev–Trinajstić information content (AvgIpc) is 2.90. The van der Waals surface area contributed by atoms with Gasteiger partial charge in [0, 0.05) is 0 Å². The van der Waals surface area contributed by atoms with Gasteiger partial charge in [0.15, 0.2) is 0 Å². The zero-order valence-corrected chi connectivity index (χ0v) is 28.2. The fraction of sp³-hybridized carbons (Fsp3) is 0.818. The summed E-state index contributed by atoms with van der Waals surface area (Å²) in [4.78, 5) is 45.0. The first kappa shape index (κ1) is 45.8. The predicted octanol–water partition coefficient (Wildman–Crippen LogP) is -17.1. The number of aliphatic carboxylic acids is 2. The van der Waals surface area contributed by atoms with Crippen molar-refractivity contribution in [2.75, 3.05) is 13.2 Å². The van der Waals surface area contributed by atoms with Crippen LogP contribution < -0.4 is 80.8 Å². The fourth-order valence-electron chi connectivity index (χ4n) is 4.65. The van der Waals surface area contributed by atoms with E-state index in [0.29, 0.717) is 0 Å². The van der Waals surface area contributed by atoms with Crippen LogP contribution >= 0.6 is 0 Å². The summed E-state index contributed by atoms with van der Waals surface area (Å²) < 4.78 is 9.49. The monoisotopic (exact) mass is 662 g/mol. The number of carboxylic acid groups (broad SMARTS) is 2. The number of ketones is 2. The predicted molar refractivity (Wildman–Crippen MR) is 124 cm³/mol. The van der Waals surface area contributed by atoms with E-state index in [2.05, 4.69) is 0 Å². The van der Waals surface area contributed by atoms with Crippen LogP contribution in [-0.4, -0.2) is 160 Å². The number of hydrogen-bond acceptors (Lipinski definition) is 20. The van der Waals surface area contributed by atoms with E-state index in [9.17, 15) is 70.2 Å². The van der Waals surface area contributed by atoms with Crippen LogP contribution in [0.4, 0.5) is 0 Å². The largest absolute Gasteiger partial charge is 1.00 e. The Bertz CT molecular complexity index is 921. The first-order valence-electron chi connectivity index (χ1n) is 12.2. The second-order valence-corrected chi connectivity index (χ2v) is 9.93. The number of hydrogen-bond donors (Lipinski definition) is 12. The van der Waals surface area contributed by atoms with Crippen LogP contribution in [0, 0.1) is 11.8 Å². The summed E-state index contributed by atoms with van der Waals surface area (Å²) in [5.41, 5.74) is 11.1. The Labute approximate surface area is 293 Å². The van der Waals surface area contributed by atoms with Crippen molar-refractivity contribution in [1.29, 1.82) is 0 Å². The molecule has 0 aromatic heterocycles. The number of carbonyl (C=O) groups is 4. The van der Waals surface area contributed by atoms with Crippen molar-refractivity contribution >= 4 is 23.5 Å². The molecular formula is C22H36N2Na2O18. The second kappa shape index (κ2) is 18.3. The molecule has 22 heteroatoms. The van der Waals surface area contributed by atoms with Gasteiger partial charge in [-0.05, 0) is 13.8 Å². The van der Waals surface area contributed by atoms with Crippen molar-refractivity contribution in [1.82, 2.24) is 0 Å². The number of aliphatic hydroxyl groups is 10. The number of ether oxygens (including phenoxy) is 2. The number of nitrogens with two attached hydrogens (primary N) is 2. The van der Waals surface area contributed by atoms with Gasteiger partial charge in [0.05, 0.1) is 37.5 Å². The molecule has 0 aromatic carbocycles. The van der Waals surface area contributed by atoms with Crippen LogP contribution in [0.5, 0.6) is 0 Å². The standard InChI is InChI=1S/2C11H19NO9.2Na/c2*1-3(14)5-8(17)6(12)9(7(16)4(15)2-13)21-11(5,20)10(18)19;;/h2*4-9,13,15-17,20H,2,12H2,1H3,(H,18,19);;/q;;2*+1/p-2/t2*4-,5?,6-,7-,8+,9-,11?;;/m11../s1. The van der Waals surface area contributed by atoms with E-state index in [1.807, 2.05) is 0 Å². The normalized spacial score (nSPS) is 37.8. The minimum absolute atomic E-state index is 0. The molecule has 44 heavy (non-hydrogen) atoms. The summed E-state index contributed by atoms with van der Waals surface area (Å²) >= 11 is 0. The van der Waals surface area contributed by atoms with Crippen molar-refractivity contribution in [3.8, 4) is 0 Å². The van der Waals surface area contributed by atoms with Crippen molar-refractivity contribution < 1.29 is 149 Å². The molecule has 2 aliphatic heterocycles. The summed E-state index contributed by atoms with van der Waals surface area (Å²) in [5, 5.41) is 118. The Hall–Kier alpha value is -0.280. The summed E-state index contributed by atoms with van der Waals surface area (Å²) in [7, 11) is 0. The molecule has 0 aliphatic carbocycles. The molecular weight excluding hydrogens is 626 g/mol. The van der Waals surface area contributed by atoms with Crippen molar-refractivity contribution in [3.63, 3.8) is 0 Å². The van der Waals surface area contributed by atoms with E-state index < -0.39 is 121 Å². The third kappa shape index (κ3) is 9.41. The van der Waals surface area contributed by atoms with Crippen molar-refractivity contribution in [3.05, 3.63) is 0 Å². The Morgan fingerprint density at radius 2 is 0.955 bits per heavy atom. The molecule has 14 atom stereocenters. The molecule has 0 spiro atoms. The van der Waals surface area contributed by atoms with E-state index in [1.54, 1.807) is 0 Å². The van der Waals surface area contributed by atoms with Crippen LogP contribution in [0.1, 0.15) is 13.8 Å². The zero-order chi connectivity index (χ0) is 33.1. The molecule has 0 bridgehead atoms. The Morgan fingerprint density at radius 3 is 1.14 bits per heavy atom. The smallest absolute Gasteiger partial charge is 0.544 e. The zero-order valence-electron chi connectivity index (χ0n) is 24.2. The Balaban J connectivity index is 0. The molecule has 2 heterocycles. The van der Waals surface area contributed by atoms with Gasteiger partial charge < -0.3 is 91.8 Å². The van der Waals surface area contributed by atoms with Gasteiger partial charge in [-0.2, -0.15) is 0 Å². The van der Waals surface area contributed by atoms with E-state index >= 15 is 0 Å².